The summed E-state index contributed by atoms with van der Waals surface area (Å²) in [7, 11) is 0. The lowest BCUT2D eigenvalue weighted by molar-refractivity contribution is -0.125. The topological polar surface area (TPSA) is 72.2 Å². The van der Waals surface area contributed by atoms with Gasteiger partial charge in [-0.2, -0.15) is 0 Å². The van der Waals surface area contributed by atoms with Crippen molar-refractivity contribution in [3.05, 3.63) is 0 Å². The van der Waals surface area contributed by atoms with Crippen LogP contribution in [0.15, 0.2) is 0 Å². The van der Waals surface area contributed by atoms with E-state index >= 15 is 0 Å². The number of carbonyl (C=O) groups excluding carboxylic acids is 2. The summed E-state index contributed by atoms with van der Waals surface area (Å²) in [6.45, 7) is 1.61. The maximum Gasteiger partial charge on any atom is 0.223 e. The van der Waals surface area contributed by atoms with Crippen molar-refractivity contribution < 1.29 is 9.59 Å². The number of hydrogen-bond donors (Lipinski definition) is 2. The summed E-state index contributed by atoms with van der Waals surface area (Å²) in [6, 6.07) is -0.365. The van der Waals surface area contributed by atoms with Gasteiger partial charge in [0.1, 0.15) is 0 Å². The smallest absolute Gasteiger partial charge is 0.223 e. The highest BCUT2D eigenvalue weighted by Gasteiger charge is 2.28. The Morgan fingerprint density at radius 1 is 1.62 bits per heavy atom. The van der Waals surface area contributed by atoms with Crippen LogP contribution in [0.3, 0.4) is 0 Å². The number of carbonyl (C=O) groups is 1. The fourth-order valence-corrected chi connectivity index (χ4v) is 1.62. The zero-order valence-electron chi connectivity index (χ0n) is 7.75. The summed E-state index contributed by atoms with van der Waals surface area (Å²) >= 11 is 0. The van der Waals surface area contributed by atoms with Crippen LogP contribution in [0.5, 0.6) is 0 Å². The maximum atomic E-state index is 11.4. The highest BCUT2D eigenvalue weighted by Crippen LogP contribution is 2.23. The van der Waals surface area contributed by atoms with Crippen molar-refractivity contribution in [2.45, 2.75) is 38.3 Å². The minimum Gasteiger partial charge on any atom is -0.346 e. The molecular weight excluding hydrogens is 168 g/mol. The van der Waals surface area contributed by atoms with Gasteiger partial charge in [-0.3, -0.25) is 9.59 Å². The molecule has 1 radical (unpaired) electrons. The van der Waals surface area contributed by atoms with E-state index in [1.165, 1.54) is 0 Å². The van der Waals surface area contributed by atoms with Crippen molar-refractivity contribution in [1.82, 2.24) is 5.32 Å². The Labute approximate surface area is 77.9 Å². The third-order valence-electron chi connectivity index (χ3n) is 2.38. The number of rotatable bonds is 3. The average molecular weight is 183 g/mol. The van der Waals surface area contributed by atoms with Gasteiger partial charge in [-0.25, -0.2) is 0 Å². The first-order valence-electron chi connectivity index (χ1n) is 4.57. The average Bonchev–Trinajstić information content (AvgIpc) is 2.51. The summed E-state index contributed by atoms with van der Waals surface area (Å²) < 4.78 is 0. The molecule has 0 spiro atoms. The van der Waals surface area contributed by atoms with Gasteiger partial charge in [0.2, 0.25) is 12.2 Å². The molecule has 4 heteroatoms. The molecule has 1 saturated carbocycles. The van der Waals surface area contributed by atoms with Crippen LogP contribution in [0.4, 0.5) is 0 Å². The van der Waals surface area contributed by atoms with Gasteiger partial charge in [-0.15, -0.1) is 0 Å². The lowest BCUT2D eigenvalue weighted by Gasteiger charge is -2.11. The van der Waals surface area contributed by atoms with Gasteiger partial charge >= 0.3 is 0 Å². The van der Waals surface area contributed by atoms with Gasteiger partial charge in [-0.1, -0.05) is 0 Å². The predicted octanol–water partition coefficient (Wildman–Crippen LogP) is -0.272. The standard InChI is InChI=1S/C9H15N2O2/c1-6(5-12)11-9(13)7-2-3-8(10)4-7/h6-8H,2-4,10H2,1H3,(H,11,13)/t6-,7-,8+/m1/s1. The van der Waals surface area contributed by atoms with Crippen LogP contribution in [0.1, 0.15) is 26.2 Å². The van der Waals surface area contributed by atoms with Crippen LogP contribution >= 0.6 is 0 Å². The number of nitrogens with one attached hydrogen (secondary N) is 1. The Morgan fingerprint density at radius 2 is 2.31 bits per heavy atom. The summed E-state index contributed by atoms with van der Waals surface area (Å²) in [5, 5.41) is 2.57. The Kier molecular flexibility index (Phi) is 3.42. The Bertz CT molecular complexity index is 206. The zero-order chi connectivity index (χ0) is 9.84. The van der Waals surface area contributed by atoms with E-state index in [4.69, 9.17) is 5.73 Å². The van der Waals surface area contributed by atoms with Crippen LogP contribution in [0, 0.1) is 5.92 Å². The SMILES string of the molecule is C[C@H]([C]=O)NC(=O)[C@@H]1CC[C@H](N)C1. The van der Waals surface area contributed by atoms with Crippen molar-refractivity contribution in [3.8, 4) is 0 Å². The van der Waals surface area contributed by atoms with E-state index in [1.54, 1.807) is 13.2 Å². The highest BCUT2D eigenvalue weighted by molar-refractivity contribution is 5.82. The Hall–Kier alpha value is -0.900. The molecule has 1 amide bonds. The van der Waals surface area contributed by atoms with E-state index in [-0.39, 0.29) is 17.9 Å². The summed E-state index contributed by atoms with van der Waals surface area (Å²) in [4.78, 5) is 21.6. The van der Waals surface area contributed by atoms with Gasteiger partial charge < -0.3 is 11.1 Å². The van der Waals surface area contributed by atoms with Crippen LogP contribution in [0.25, 0.3) is 0 Å². The minimum absolute atomic E-state index is 0.00852. The van der Waals surface area contributed by atoms with Gasteiger partial charge in [0, 0.05) is 12.0 Å². The van der Waals surface area contributed by atoms with E-state index in [1.807, 2.05) is 0 Å². The van der Waals surface area contributed by atoms with Crippen molar-refractivity contribution >= 4 is 12.2 Å². The molecule has 1 rings (SSSR count). The zero-order valence-corrected chi connectivity index (χ0v) is 7.75. The molecule has 0 aliphatic heterocycles. The molecule has 73 valence electrons. The van der Waals surface area contributed by atoms with E-state index in [0.717, 1.165) is 19.3 Å². The normalized spacial score (nSPS) is 29.7. The number of nitrogens with two attached hydrogens (primary N) is 1. The first-order chi connectivity index (χ1) is 6.13. The van der Waals surface area contributed by atoms with E-state index in [2.05, 4.69) is 5.32 Å². The number of amides is 1. The molecule has 0 saturated heterocycles. The van der Waals surface area contributed by atoms with Gasteiger partial charge in [0.25, 0.3) is 0 Å². The molecule has 4 nitrogen and oxygen atoms in total. The van der Waals surface area contributed by atoms with Gasteiger partial charge in [-0.05, 0) is 26.2 Å². The van der Waals surface area contributed by atoms with Crippen molar-refractivity contribution in [2.75, 3.05) is 0 Å². The molecule has 1 fully saturated rings. The molecule has 0 aromatic carbocycles. The second-order valence-corrected chi connectivity index (χ2v) is 3.62. The minimum atomic E-state index is -0.510. The third kappa shape index (κ3) is 2.81. The quantitative estimate of drug-likeness (QED) is 0.632. The predicted molar refractivity (Wildman–Crippen MR) is 48.6 cm³/mol. The van der Waals surface area contributed by atoms with Crippen molar-refractivity contribution in [2.24, 2.45) is 11.7 Å². The van der Waals surface area contributed by atoms with E-state index in [0.29, 0.717) is 0 Å². The second-order valence-electron chi connectivity index (χ2n) is 3.62. The first kappa shape index (κ1) is 10.2. The fourth-order valence-electron chi connectivity index (χ4n) is 1.62. The van der Waals surface area contributed by atoms with Crippen molar-refractivity contribution in [1.29, 1.82) is 0 Å². The monoisotopic (exact) mass is 183 g/mol. The van der Waals surface area contributed by atoms with Crippen molar-refractivity contribution in [3.63, 3.8) is 0 Å². The highest BCUT2D eigenvalue weighted by atomic mass is 16.2. The molecule has 0 bridgehead atoms. The molecule has 0 unspecified atom stereocenters. The summed E-state index contributed by atoms with van der Waals surface area (Å²) in [5.41, 5.74) is 5.67. The maximum absolute atomic E-state index is 11.4. The lowest BCUT2D eigenvalue weighted by Crippen LogP contribution is -2.37. The van der Waals surface area contributed by atoms with Crippen LogP contribution in [0.2, 0.25) is 0 Å². The summed E-state index contributed by atoms with van der Waals surface area (Å²) in [5.74, 6) is -0.0744. The molecule has 3 N–H and O–H groups in total. The fraction of sp³-hybridized carbons (Fsp3) is 0.778. The Morgan fingerprint density at radius 3 is 2.77 bits per heavy atom. The molecule has 3 atom stereocenters. The first-order valence-corrected chi connectivity index (χ1v) is 4.57. The van der Waals surface area contributed by atoms with E-state index < -0.39 is 6.04 Å². The van der Waals surface area contributed by atoms with Crippen LogP contribution < -0.4 is 11.1 Å². The molecule has 1 aliphatic rings. The molecule has 0 aromatic rings. The molecule has 0 aromatic heterocycles. The number of hydrogen-bond acceptors (Lipinski definition) is 3. The summed E-state index contributed by atoms with van der Waals surface area (Å²) in [6.07, 6.45) is 4.18. The lowest BCUT2D eigenvalue weighted by atomic mass is 10.1. The molecule has 13 heavy (non-hydrogen) atoms. The van der Waals surface area contributed by atoms with Crippen LogP contribution in [-0.2, 0) is 9.59 Å². The largest absolute Gasteiger partial charge is 0.346 e. The molecule has 0 heterocycles. The second kappa shape index (κ2) is 4.37. The molecule has 1 aliphatic carbocycles. The van der Waals surface area contributed by atoms with Gasteiger partial charge in [0.05, 0.1) is 6.04 Å². The van der Waals surface area contributed by atoms with E-state index in [9.17, 15) is 9.59 Å². The third-order valence-corrected chi connectivity index (χ3v) is 2.38. The van der Waals surface area contributed by atoms with Crippen LogP contribution in [-0.4, -0.2) is 24.3 Å². The Balaban J connectivity index is 2.35. The van der Waals surface area contributed by atoms with Gasteiger partial charge in [0.15, 0.2) is 0 Å². The molecular formula is C9H15N2O2.